The van der Waals surface area contributed by atoms with E-state index in [1.165, 1.54) is 0 Å². The number of ether oxygens (including phenoxy) is 1. The number of benzene rings is 2. The molecule has 3 nitrogen and oxygen atoms in total. The van der Waals surface area contributed by atoms with Crippen molar-refractivity contribution in [1.29, 1.82) is 0 Å². The van der Waals surface area contributed by atoms with E-state index in [-0.39, 0.29) is 5.91 Å². The first kappa shape index (κ1) is 14.6. The van der Waals surface area contributed by atoms with Gasteiger partial charge in [0.15, 0.2) is 0 Å². The molecule has 1 amide bonds. The molecule has 0 radical (unpaired) electrons. The van der Waals surface area contributed by atoms with E-state index in [4.69, 9.17) is 4.74 Å². The molecule has 0 aliphatic carbocycles. The fourth-order valence-corrected chi connectivity index (χ4v) is 2.19. The number of amides is 1. The van der Waals surface area contributed by atoms with Crippen molar-refractivity contribution in [3.8, 4) is 5.75 Å². The van der Waals surface area contributed by atoms with E-state index >= 15 is 0 Å². The van der Waals surface area contributed by atoms with E-state index in [9.17, 15) is 4.79 Å². The Morgan fingerprint density at radius 3 is 2.65 bits per heavy atom. The predicted octanol–water partition coefficient (Wildman–Crippen LogP) is 3.78. The molecule has 0 spiro atoms. The summed E-state index contributed by atoms with van der Waals surface area (Å²) < 4.78 is 6.47. The number of hydrogen-bond acceptors (Lipinski definition) is 2. The first-order chi connectivity index (χ1) is 9.70. The monoisotopic (exact) mass is 333 g/mol. The Kier molecular flexibility index (Phi) is 5.18. The molecule has 20 heavy (non-hydrogen) atoms. The first-order valence-corrected chi connectivity index (χ1v) is 7.24. The predicted molar refractivity (Wildman–Crippen MR) is 82.9 cm³/mol. The van der Waals surface area contributed by atoms with E-state index in [0.29, 0.717) is 24.5 Å². The fraction of sp³-hybridized carbons (Fsp3) is 0.188. The van der Waals surface area contributed by atoms with Gasteiger partial charge in [0.1, 0.15) is 12.4 Å². The highest BCUT2D eigenvalue weighted by atomic mass is 79.9. The summed E-state index contributed by atoms with van der Waals surface area (Å²) in [6.45, 7) is 2.97. The van der Waals surface area contributed by atoms with Gasteiger partial charge < -0.3 is 10.1 Å². The van der Waals surface area contributed by atoms with Gasteiger partial charge in [-0.3, -0.25) is 4.79 Å². The summed E-state index contributed by atoms with van der Waals surface area (Å²) in [5.41, 5.74) is 1.67. The van der Waals surface area contributed by atoms with E-state index in [2.05, 4.69) is 21.2 Å². The molecule has 2 aromatic rings. The Balaban J connectivity index is 2.09. The van der Waals surface area contributed by atoms with Crippen LogP contribution in [0.3, 0.4) is 0 Å². The number of carbonyl (C=O) groups excluding carboxylic acids is 1. The van der Waals surface area contributed by atoms with Gasteiger partial charge in [-0.15, -0.1) is 0 Å². The highest BCUT2D eigenvalue weighted by Crippen LogP contribution is 2.23. The largest absolute Gasteiger partial charge is 0.489 e. The Morgan fingerprint density at radius 1 is 1.20 bits per heavy atom. The average molecular weight is 334 g/mol. The van der Waals surface area contributed by atoms with Crippen LogP contribution in [0.4, 0.5) is 0 Å². The molecule has 2 aromatic carbocycles. The van der Waals surface area contributed by atoms with Crippen molar-refractivity contribution in [2.75, 3.05) is 6.54 Å². The third-order valence-corrected chi connectivity index (χ3v) is 3.46. The van der Waals surface area contributed by atoms with Crippen molar-refractivity contribution in [1.82, 2.24) is 5.32 Å². The lowest BCUT2D eigenvalue weighted by Gasteiger charge is -2.10. The van der Waals surface area contributed by atoms with Crippen molar-refractivity contribution in [3.05, 3.63) is 64.1 Å². The van der Waals surface area contributed by atoms with E-state index < -0.39 is 0 Å². The van der Waals surface area contributed by atoms with Crippen molar-refractivity contribution in [2.24, 2.45) is 0 Å². The number of rotatable bonds is 5. The second-order valence-corrected chi connectivity index (χ2v) is 5.13. The molecule has 0 aromatic heterocycles. The Bertz CT molecular complexity index is 584. The van der Waals surface area contributed by atoms with Crippen LogP contribution < -0.4 is 10.1 Å². The average Bonchev–Trinajstić information content (AvgIpc) is 2.47. The van der Waals surface area contributed by atoms with Crippen LogP contribution in [0.15, 0.2) is 53.0 Å². The third kappa shape index (κ3) is 3.84. The van der Waals surface area contributed by atoms with Crippen LogP contribution in [-0.4, -0.2) is 12.5 Å². The molecule has 0 fully saturated rings. The van der Waals surface area contributed by atoms with Crippen molar-refractivity contribution >= 4 is 21.8 Å². The first-order valence-electron chi connectivity index (χ1n) is 6.45. The lowest BCUT2D eigenvalue weighted by atomic mass is 10.2. The minimum Gasteiger partial charge on any atom is -0.489 e. The van der Waals surface area contributed by atoms with Gasteiger partial charge in [-0.1, -0.05) is 30.3 Å². The minimum atomic E-state index is -0.107. The normalized spacial score (nSPS) is 10.1. The third-order valence-electron chi connectivity index (χ3n) is 2.77. The molecule has 0 aliphatic rings. The van der Waals surface area contributed by atoms with Gasteiger partial charge in [0, 0.05) is 11.0 Å². The highest BCUT2D eigenvalue weighted by molar-refractivity contribution is 9.10. The van der Waals surface area contributed by atoms with Gasteiger partial charge in [-0.05, 0) is 46.6 Å². The zero-order valence-corrected chi connectivity index (χ0v) is 12.8. The Morgan fingerprint density at radius 2 is 1.95 bits per heavy atom. The van der Waals surface area contributed by atoms with Gasteiger partial charge >= 0.3 is 0 Å². The Hall–Kier alpha value is -1.81. The maximum absolute atomic E-state index is 11.9. The number of hydrogen-bond donors (Lipinski definition) is 1. The number of nitrogens with one attached hydrogen (secondary N) is 1. The van der Waals surface area contributed by atoms with Gasteiger partial charge in [-0.2, -0.15) is 0 Å². The molecule has 1 N–H and O–H groups in total. The highest BCUT2D eigenvalue weighted by Gasteiger charge is 2.10. The minimum absolute atomic E-state index is 0.107. The quantitative estimate of drug-likeness (QED) is 0.904. The fourth-order valence-electron chi connectivity index (χ4n) is 1.76. The summed E-state index contributed by atoms with van der Waals surface area (Å²) in [4.78, 5) is 11.9. The van der Waals surface area contributed by atoms with E-state index in [1.807, 2.05) is 49.4 Å². The molecule has 0 bridgehead atoms. The summed E-state index contributed by atoms with van der Waals surface area (Å²) >= 11 is 3.38. The zero-order valence-electron chi connectivity index (χ0n) is 11.2. The molecule has 0 unspecified atom stereocenters. The summed E-state index contributed by atoms with van der Waals surface area (Å²) in [7, 11) is 0. The molecule has 4 heteroatoms. The van der Waals surface area contributed by atoms with Crippen LogP contribution in [0, 0.1) is 0 Å². The van der Waals surface area contributed by atoms with Crippen molar-refractivity contribution < 1.29 is 9.53 Å². The second-order valence-electron chi connectivity index (χ2n) is 4.28. The smallest absolute Gasteiger partial charge is 0.252 e. The zero-order chi connectivity index (χ0) is 14.4. The van der Waals surface area contributed by atoms with Crippen LogP contribution in [0.5, 0.6) is 5.75 Å². The molecule has 104 valence electrons. The van der Waals surface area contributed by atoms with Crippen LogP contribution in [0.1, 0.15) is 22.8 Å². The van der Waals surface area contributed by atoms with Crippen molar-refractivity contribution in [2.45, 2.75) is 13.5 Å². The number of halogens is 1. The van der Waals surface area contributed by atoms with Gasteiger partial charge in [-0.25, -0.2) is 0 Å². The molecule has 0 atom stereocenters. The lowest BCUT2D eigenvalue weighted by molar-refractivity contribution is 0.0954. The van der Waals surface area contributed by atoms with Crippen LogP contribution >= 0.6 is 15.9 Å². The molecular formula is C16H16BrNO2. The Labute approximate surface area is 127 Å². The summed E-state index contributed by atoms with van der Waals surface area (Å²) in [6.07, 6.45) is 0. The van der Waals surface area contributed by atoms with Crippen LogP contribution in [-0.2, 0) is 6.61 Å². The molecular weight excluding hydrogens is 318 g/mol. The van der Waals surface area contributed by atoms with Gasteiger partial charge in [0.2, 0.25) is 0 Å². The maximum atomic E-state index is 11.9. The molecule has 0 aliphatic heterocycles. The molecule has 0 saturated carbocycles. The van der Waals surface area contributed by atoms with Crippen molar-refractivity contribution in [3.63, 3.8) is 0 Å². The molecule has 2 rings (SSSR count). The van der Waals surface area contributed by atoms with E-state index in [1.54, 1.807) is 6.07 Å². The maximum Gasteiger partial charge on any atom is 0.252 e. The summed E-state index contributed by atoms with van der Waals surface area (Å²) in [6, 6.07) is 15.3. The lowest BCUT2D eigenvalue weighted by Crippen LogP contribution is -2.23. The standard InChI is InChI=1S/C16H16BrNO2/c1-2-18-16(19)14-10-13(8-9-15(14)17)20-11-12-6-4-3-5-7-12/h3-10H,2,11H2,1H3,(H,18,19). The second kappa shape index (κ2) is 7.10. The van der Waals surface area contributed by atoms with Gasteiger partial charge in [0.25, 0.3) is 5.91 Å². The van der Waals surface area contributed by atoms with Gasteiger partial charge in [0.05, 0.1) is 5.56 Å². The van der Waals surface area contributed by atoms with Crippen LogP contribution in [0.2, 0.25) is 0 Å². The van der Waals surface area contributed by atoms with E-state index in [0.717, 1.165) is 10.0 Å². The SMILES string of the molecule is CCNC(=O)c1cc(OCc2ccccc2)ccc1Br. The topological polar surface area (TPSA) is 38.3 Å². The van der Waals surface area contributed by atoms with Crippen LogP contribution in [0.25, 0.3) is 0 Å². The molecule has 0 heterocycles. The number of carbonyl (C=O) groups is 1. The summed E-state index contributed by atoms with van der Waals surface area (Å²) in [5, 5.41) is 2.78. The molecule has 0 saturated heterocycles. The summed E-state index contributed by atoms with van der Waals surface area (Å²) in [5.74, 6) is 0.572.